The Morgan fingerprint density at radius 2 is 2.11 bits per heavy atom. The van der Waals surface area contributed by atoms with Crippen LogP contribution in [0.5, 0.6) is 5.75 Å². The van der Waals surface area contributed by atoms with Crippen molar-refractivity contribution in [2.24, 2.45) is 0 Å². The molecule has 0 aromatic heterocycles. The summed E-state index contributed by atoms with van der Waals surface area (Å²) < 4.78 is 11.1. The molecule has 1 aromatic rings. The summed E-state index contributed by atoms with van der Waals surface area (Å²) in [6.07, 6.45) is 0. The molecule has 1 aliphatic rings. The maximum absolute atomic E-state index is 5.61. The zero-order valence-electron chi connectivity index (χ0n) is 12.5. The molecule has 3 nitrogen and oxygen atoms in total. The first-order valence-electron chi connectivity index (χ1n) is 7.12. The van der Waals surface area contributed by atoms with E-state index in [2.05, 4.69) is 44.3 Å². The molecule has 1 heterocycles. The van der Waals surface area contributed by atoms with E-state index in [4.69, 9.17) is 9.47 Å². The number of hydrogen-bond donors (Lipinski definition) is 1. The van der Waals surface area contributed by atoms with Crippen molar-refractivity contribution in [1.82, 2.24) is 5.32 Å². The Balaban J connectivity index is 2.16. The third-order valence-corrected chi connectivity index (χ3v) is 3.69. The highest BCUT2D eigenvalue weighted by atomic mass is 16.5. The second-order valence-corrected chi connectivity index (χ2v) is 5.72. The van der Waals surface area contributed by atoms with E-state index in [-0.39, 0.29) is 5.41 Å². The van der Waals surface area contributed by atoms with E-state index in [9.17, 15) is 0 Å². The zero-order valence-corrected chi connectivity index (χ0v) is 12.5. The quantitative estimate of drug-likeness (QED) is 0.856. The van der Waals surface area contributed by atoms with Crippen LogP contribution in [-0.4, -0.2) is 32.4 Å². The molecule has 1 fully saturated rings. The minimum Gasteiger partial charge on any atom is -0.494 e. The van der Waals surface area contributed by atoms with E-state index in [0.29, 0.717) is 12.6 Å². The van der Waals surface area contributed by atoms with E-state index in [1.54, 1.807) is 0 Å². The third-order valence-electron chi connectivity index (χ3n) is 3.69. The minimum atomic E-state index is 0.139. The molecule has 0 spiro atoms. The summed E-state index contributed by atoms with van der Waals surface area (Å²) in [5, 5.41) is 3.53. The Morgan fingerprint density at radius 3 is 2.58 bits per heavy atom. The molecule has 1 aliphatic heterocycles. The van der Waals surface area contributed by atoms with Crippen LogP contribution in [0.15, 0.2) is 18.2 Å². The number of hydrogen-bond acceptors (Lipinski definition) is 3. The Hall–Kier alpha value is -1.06. The molecule has 0 aliphatic carbocycles. The van der Waals surface area contributed by atoms with Crippen molar-refractivity contribution in [1.29, 1.82) is 0 Å². The Bertz CT molecular complexity index is 425. The summed E-state index contributed by atoms with van der Waals surface area (Å²) in [6.45, 7) is 11.8. The standard InChI is InChI=1S/C16H25NO2/c1-5-19-15-7-6-14(8-13(15)4)16(10-18-11-16)9-17-12(2)3/h6-8,12,17H,5,9-11H2,1-4H3. The van der Waals surface area contributed by atoms with Crippen LogP contribution in [-0.2, 0) is 10.2 Å². The Kier molecular flexibility index (Phi) is 4.48. The van der Waals surface area contributed by atoms with Gasteiger partial charge >= 0.3 is 0 Å². The highest BCUT2D eigenvalue weighted by molar-refractivity contribution is 5.40. The Labute approximate surface area is 116 Å². The molecule has 0 radical (unpaired) electrons. The fourth-order valence-electron chi connectivity index (χ4n) is 2.42. The topological polar surface area (TPSA) is 30.5 Å². The largest absolute Gasteiger partial charge is 0.494 e. The molecule has 1 saturated heterocycles. The number of ether oxygens (including phenoxy) is 2. The molecule has 106 valence electrons. The monoisotopic (exact) mass is 263 g/mol. The fourth-order valence-corrected chi connectivity index (χ4v) is 2.42. The summed E-state index contributed by atoms with van der Waals surface area (Å²) in [7, 11) is 0. The van der Waals surface area contributed by atoms with Gasteiger partial charge in [0.05, 0.1) is 25.2 Å². The summed E-state index contributed by atoms with van der Waals surface area (Å²) in [6, 6.07) is 7.02. The van der Waals surface area contributed by atoms with Gasteiger partial charge in [-0.15, -0.1) is 0 Å². The molecule has 0 bridgehead atoms. The maximum atomic E-state index is 5.61. The lowest BCUT2D eigenvalue weighted by Crippen LogP contribution is -2.54. The molecular formula is C16H25NO2. The lowest BCUT2D eigenvalue weighted by Gasteiger charge is -2.43. The van der Waals surface area contributed by atoms with Crippen molar-refractivity contribution in [2.45, 2.75) is 39.2 Å². The predicted molar refractivity (Wildman–Crippen MR) is 78.0 cm³/mol. The number of nitrogens with one attached hydrogen (secondary N) is 1. The molecule has 0 unspecified atom stereocenters. The van der Waals surface area contributed by atoms with E-state index < -0.39 is 0 Å². The molecular weight excluding hydrogens is 238 g/mol. The van der Waals surface area contributed by atoms with Gasteiger partial charge < -0.3 is 14.8 Å². The van der Waals surface area contributed by atoms with Gasteiger partial charge in [0.15, 0.2) is 0 Å². The highest BCUT2D eigenvalue weighted by Gasteiger charge is 2.40. The zero-order chi connectivity index (χ0) is 13.9. The number of aryl methyl sites for hydroxylation is 1. The van der Waals surface area contributed by atoms with Crippen molar-refractivity contribution in [3.8, 4) is 5.75 Å². The van der Waals surface area contributed by atoms with Gasteiger partial charge in [-0.05, 0) is 31.0 Å². The van der Waals surface area contributed by atoms with Crippen LogP contribution in [0.25, 0.3) is 0 Å². The van der Waals surface area contributed by atoms with Crippen LogP contribution in [0.4, 0.5) is 0 Å². The molecule has 2 rings (SSSR count). The number of rotatable bonds is 6. The average molecular weight is 263 g/mol. The van der Waals surface area contributed by atoms with E-state index >= 15 is 0 Å². The van der Waals surface area contributed by atoms with Crippen LogP contribution in [0.1, 0.15) is 31.9 Å². The molecule has 1 N–H and O–H groups in total. The van der Waals surface area contributed by atoms with E-state index in [0.717, 1.165) is 25.5 Å². The SMILES string of the molecule is CCOc1ccc(C2(CNC(C)C)COC2)cc1C. The van der Waals surface area contributed by atoms with Gasteiger partial charge in [-0.25, -0.2) is 0 Å². The summed E-state index contributed by atoms with van der Waals surface area (Å²) >= 11 is 0. The molecule has 3 heteroatoms. The van der Waals surface area contributed by atoms with Gasteiger partial charge in [0, 0.05) is 12.6 Å². The maximum Gasteiger partial charge on any atom is 0.122 e. The molecule has 1 aromatic carbocycles. The molecule has 0 atom stereocenters. The summed E-state index contributed by atoms with van der Waals surface area (Å²) in [5.74, 6) is 0.985. The predicted octanol–water partition coefficient (Wildman–Crippen LogP) is 2.66. The lowest BCUT2D eigenvalue weighted by molar-refractivity contribution is -0.0597. The van der Waals surface area contributed by atoms with Gasteiger partial charge in [-0.1, -0.05) is 26.0 Å². The van der Waals surface area contributed by atoms with Gasteiger partial charge in [0.25, 0.3) is 0 Å². The third kappa shape index (κ3) is 3.10. The minimum absolute atomic E-state index is 0.139. The fraction of sp³-hybridized carbons (Fsp3) is 0.625. The second-order valence-electron chi connectivity index (χ2n) is 5.72. The summed E-state index contributed by atoms with van der Waals surface area (Å²) in [4.78, 5) is 0. The highest BCUT2D eigenvalue weighted by Crippen LogP contribution is 2.34. The first-order valence-corrected chi connectivity index (χ1v) is 7.12. The van der Waals surface area contributed by atoms with Crippen molar-refractivity contribution >= 4 is 0 Å². The van der Waals surface area contributed by atoms with Crippen LogP contribution in [0.3, 0.4) is 0 Å². The van der Waals surface area contributed by atoms with Crippen LogP contribution >= 0.6 is 0 Å². The lowest BCUT2D eigenvalue weighted by atomic mass is 9.78. The van der Waals surface area contributed by atoms with Gasteiger partial charge in [-0.2, -0.15) is 0 Å². The van der Waals surface area contributed by atoms with E-state index in [1.807, 2.05) is 6.92 Å². The second kappa shape index (κ2) is 5.93. The smallest absolute Gasteiger partial charge is 0.122 e. The van der Waals surface area contributed by atoms with E-state index in [1.165, 1.54) is 11.1 Å². The Morgan fingerprint density at radius 1 is 1.37 bits per heavy atom. The first-order chi connectivity index (χ1) is 9.07. The first kappa shape index (κ1) is 14.4. The van der Waals surface area contributed by atoms with Crippen LogP contribution in [0.2, 0.25) is 0 Å². The molecule has 0 saturated carbocycles. The molecule has 19 heavy (non-hydrogen) atoms. The van der Waals surface area contributed by atoms with Crippen LogP contribution in [0, 0.1) is 6.92 Å². The van der Waals surface area contributed by atoms with Gasteiger partial charge in [0.1, 0.15) is 5.75 Å². The van der Waals surface area contributed by atoms with Gasteiger partial charge in [-0.3, -0.25) is 0 Å². The number of benzene rings is 1. The normalized spacial score (nSPS) is 17.3. The van der Waals surface area contributed by atoms with Crippen molar-refractivity contribution in [3.05, 3.63) is 29.3 Å². The van der Waals surface area contributed by atoms with Crippen LogP contribution < -0.4 is 10.1 Å². The van der Waals surface area contributed by atoms with Gasteiger partial charge in [0.2, 0.25) is 0 Å². The molecule has 0 amide bonds. The average Bonchev–Trinajstić information content (AvgIpc) is 2.31. The van der Waals surface area contributed by atoms with Crippen molar-refractivity contribution < 1.29 is 9.47 Å². The summed E-state index contributed by atoms with van der Waals surface area (Å²) in [5.41, 5.74) is 2.70. The van der Waals surface area contributed by atoms with Crippen molar-refractivity contribution in [2.75, 3.05) is 26.4 Å². The van der Waals surface area contributed by atoms with Crippen molar-refractivity contribution in [3.63, 3.8) is 0 Å².